The van der Waals surface area contributed by atoms with E-state index in [0.717, 1.165) is 16.5 Å². The van der Waals surface area contributed by atoms with E-state index in [1.165, 1.54) is 0 Å². The van der Waals surface area contributed by atoms with E-state index in [2.05, 4.69) is 25.8 Å². The van der Waals surface area contributed by atoms with Gasteiger partial charge in [-0.15, -0.1) is 0 Å². The predicted octanol–water partition coefficient (Wildman–Crippen LogP) is 5.56. The number of carbonyl (C=O) groups excluding carboxylic acids is 1. The Morgan fingerprint density at radius 2 is 1.89 bits per heavy atom. The van der Waals surface area contributed by atoms with Crippen LogP contribution < -0.4 is 0 Å². The molecule has 3 aromatic rings. The number of carboxylic acid groups (broad SMARTS) is 1. The van der Waals surface area contributed by atoms with Crippen molar-refractivity contribution in [2.45, 2.75) is 38.5 Å². The second-order valence-electron chi connectivity index (χ2n) is 7.78. The van der Waals surface area contributed by atoms with Gasteiger partial charge in [0.05, 0.1) is 5.92 Å². The van der Waals surface area contributed by atoms with E-state index in [0.29, 0.717) is 16.1 Å². The zero-order valence-electron chi connectivity index (χ0n) is 15.5. The molecule has 0 aliphatic carbocycles. The van der Waals surface area contributed by atoms with E-state index >= 15 is 0 Å². The van der Waals surface area contributed by atoms with E-state index in [4.69, 9.17) is 11.6 Å². The number of fused-ring (bicyclic) bond motifs is 1. The predicted molar refractivity (Wildman–Crippen MR) is 108 cm³/mol. The van der Waals surface area contributed by atoms with Gasteiger partial charge in [0.15, 0.2) is 5.78 Å². The summed E-state index contributed by atoms with van der Waals surface area (Å²) in [4.78, 5) is 27.8. The maximum absolute atomic E-state index is 12.8. The number of aromatic amines is 1. The molecule has 5 heteroatoms. The monoisotopic (exact) mass is 383 g/mol. The summed E-state index contributed by atoms with van der Waals surface area (Å²) in [6.07, 6.45) is 1.54. The van der Waals surface area contributed by atoms with Gasteiger partial charge in [0, 0.05) is 34.1 Å². The normalized spacial score (nSPS) is 12.9. The molecule has 140 valence electrons. The van der Waals surface area contributed by atoms with Crippen LogP contribution in [0.4, 0.5) is 0 Å². The lowest BCUT2D eigenvalue weighted by atomic mass is 9.84. The molecular weight excluding hydrogens is 362 g/mol. The van der Waals surface area contributed by atoms with Crippen LogP contribution in [-0.4, -0.2) is 21.8 Å². The molecule has 0 bridgehead atoms. The van der Waals surface area contributed by atoms with Crippen LogP contribution in [0.3, 0.4) is 0 Å². The van der Waals surface area contributed by atoms with Crippen LogP contribution in [0.5, 0.6) is 0 Å². The molecule has 1 atom stereocenters. The highest BCUT2D eigenvalue weighted by Crippen LogP contribution is 2.31. The lowest BCUT2D eigenvalue weighted by Crippen LogP contribution is -2.17. The SMILES string of the molecule is CC(C)(C)c1cccc(C(=O)CC(C(=O)O)c2c[nH]c3ccc(Cl)cc23)c1. The maximum Gasteiger partial charge on any atom is 0.311 e. The van der Waals surface area contributed by atoms with Crippen molar-refractivity contribution in [2.75, 3.05) is 0 Å². The van der Waals surface area contributed by atoms with Gasteiger partial charge >= 0.3 is 5.97 Å². The molecule has 0 radical (unpaired) electrons. The number of benzene rings is 2. The number of H-pyrrole nitrogens is 1. The minimum Gasteiger partial charge on any atom is -0.481 e. The van der Waals surface area contributed by atoms with E-state index in [-0.39, 0.29) is 17.6 Å². The van der Waals surface area contributed by atoms with Gasteiger partial charge in [-0.05, 0) is 40.8 Å². The molecular formula is C22H22ClNO3. The van der Waals surface area contributed by atoms with Gasteiger partial charge in [0.25, 0.3) is 0 Å². The molecule has 0 aliphatic rings. The molecule has 27 heavy (non-hydrogen) atoms. The van der Waals surface area contributed by atoms with Gasteiger partial charge in [-0.3, -0.25) is 9.59 Å². The molecule has 0 fully saturated rings. The van der Waals surface area contributed by atoms with Gasteiger partial charge in [-0.25, -0.2) is 0 Å². The average Bonchev–Trinajstić information content (AvgIpc) is 3.01. The molecule has 0 spiro atoms. The number of ketones is 1. The Morgan fingerprint density at radius 1 is 1.15 bits per heavy atom. The molecule has 0 amide bonds. The molecule has 1 unspecified atom stereocenters. The van der Waals surface area contributed by atoms with Crippen LogP contribution >= 0.6 is 11.6 Å². The molecule has 2 N–H and O–H groups in total. The van der Waals surface area contributed by atoms with Crippen molar-refractivity contribution in [3.05, 3.63) is 70.4 Å². The fraction of sp³-hybridized carbons (Fsp3) is 0.273. The minimum absolute atomic E-state index is 0.0872. The fourth-order valence-corrected chi connectivity index (χ4v) is 3.37. The maximum atomic E-state index is 12.8. The molecule has 1 aromatic heterocycles. The Hall–Kier alpha value is -2.59. The number of Topliss-reactive ketones (excluding diaryl/α,β-unsaturated/α-hetero) is 1. The van der Waals surface area contributed by atoms with Gasteiger partial charge in [0.1, 0.15) is 0 Å². The minimum atomic E-state index is -1.03. The highest BCUT2D eigenvalue weighted by atomic mass is 35.5. The molecule has 3 rings (SSSR count). The van der Waals surface area contributed by atoms with Crippen LogP contribution in [0.2, 0.25) is 5.02 Å². The second kappa shape index (κ2) is 7.20. The number of aliphatic carboxylic acids is 1. The quantitative estimate of drug-likeness (QED) is 0.566. The topological polar surface area (TPSA) is 70.2 Å². The van der Waals surface area contributed by atoms with Crippen LogP contribution in [0.25, 0.3) is 10.9 Å². The summed E-state index contributed by atoms with van der Waals surface area (Å²) in [6.45, 7) is 6.23. The smallest absolute Gasteiger partial charge is 0.311 e. The van der Waals surface area contributed by atoms with Gasteiger partial charge in [-0.1, -0.05) is 50.6 Å². The third-order valence-corrected chi connectivity index (χ3v) is 5.02. The Balaban J connectivity index is 1.94. The number of carboxylic acids is 1. The molecule has 1 heterocycles. The second-order valence-corrected chi connectivity index (χ2v) is 8.22. The van der Waals surface area contributed by atoms with E-state index < -0.39 is 11.9 Å². The number of carbonyl (C=O) groups is 2. The summed E-state index contributed by atoms with van der Waals surface area (Å²) in [6, 6.07) is 12.7. The Morgan fingerprint density at radius 3 is 2.56 bits per heavy atom. The van der Waals surface area contributed by atoms with Crippen molar-refractivity contribution in [3.63, 3.8) is 0 Å². The third kappa shape index (κ3) is 4.06. The third-order valence-electron chi connectivity index (χ3n) is 4.79. The lowest BCUT2D eigenvalue weighted by molar-refractivity contribution is -0.138. The van der Waals surface area contributed by atoms with Crippen LogP contribution in [-0.2, 0) is 10.2 Å². The molecule has 4 nitrogen and oxygen atoms in total. The van der Waals surface area contributed by atoms with Crippen molar-refractivity contribution in [2.24, 2.45) is 0 Å². The molecule has 2 aromatic carbocycles. The standard InChI is InChI=1S/C22H22ClNO3/c1-22(2,3)14-6-4-5-13(9-14)20(25)11-17(21(26)27)18-12-24-19-8-7-15(23)10-16(18)19/h4-10,12,17,24H,11H2,1-3H3,(H,26,27). The van der Waals surface area contributed by atoms with Crippen LogP contribution in [0.1, 0.15) is 54.6 Å². The first-order valence-corrected chi connectivity index (χ1v) is 9.17. The zero-order chi connectivity index (χ0) is 19.8. The number of rotatable bonds is 5. The molecule has 0 aliphatic heterocycles. The summed E-state index contributed by atoms with van der Waals surface area (Å²) in [5.41, 5.74) is 2.85. The van der Waals surface area contributed by atoms with Crippen molar-refractivity contribution in [1.29, 1.82) is 0 Å². The summed E-state index contributed by atoms with van der Waals surface area (Å²) in [7, 11) is 0. The summed E-state index contributed by atoms with van der Waals surface area (Å²) < 4.78 is 0. The molecule has 0 saturated heterocycles. The number of hydrogen-bond acceptors (Lipinski definition) is 2. The Kier molecular flexibility index (Phi) is 5.11. The van der Waals surface area contributed by atoms with E-state index in [9.17, 15) is 14.7 Å². The lowest BCUT2D eigenvalue weighted by Gasteiger charge is -2.20. The highest BCUT2D eigenvalue weighted by Gasteiger charge is 2.27. The van der Waals surface area contributed by atoms with Crippen molar-refractivity contribution in [1.82, 2.24) is 4.98 Å². The van der Waals surface area contributed by atoms with Gasteiger partial charge < -0.3 is 10.1 Å². The average molecular weight is 384 g/mol. The van der Waals surface area contributed by atoms with E-state index in [1.54, 1.807) is 30.5 Å². The highest BCUT2D eigenvalue weighted by molar-refractivity contribution is 6.31. The summed E-state index contributed by atoms with van der Waals surface area (Å²) in [5, 5.41) is 11.0. The number of hydrogen-bond donors (Lipinski definition) is 2. The van der Waals surface area contributed by atoms with Crippen LogP contribution in [0, 0.1) is 0 Å². The van der Waals surface area contributed by atoms with Crippen molar-refractivity contribution < 1.29 is 14.7 Å². The van der Waals surface area contributed by atoms with Crippen LogP contribution in [0.15, 0.2) is 48.7 Å². The first-order chi connectivity index (χ1) is 12.7. The summed E-state index contributed by atoms with van der Waals surface area (Å²) in [5.74, 6) is -2.16. The Labute approximate surface area is 163 Å². The first kappa shape index (κ1) is 19.2. The number of nitrogens with one attached hydrogen (secondary N) is 1. The summed E-state index contributed by atoms with van der Waals surface area (Å²) >= 11 is 6.07. The number of halogens is 1. The first-order valence-electron chi connectivity index (χ1n) is 8.80. The van der Waals surface area contributed by atoms with Crippen molar-refractivity contribution in [3.8, 4) is 0 Å². The van der Waals surface area contributed by atoms with E-state index in [1.807, 2.05) is 18.2 Å². The zero-order valence-corrected chi connectivity index (χ0v) is 16.3. The van der Waals surface area contributed by atoms with Gasteiger partial charge in [-0.2, -0.15) is 0 Å². The van der Waals surface area contributed by atoms with Gasteiger partial charge in [0.2, 0.25) is 0 Å². The largest absolute Gasteiger partial charge is 0.481 e. The molecule has 0 saturated carbocycles. The van der Waals surface area contributed by atoms with Crippen molar-refractivity contribution >= 4 is 34.3 Å². The Bertz CT molecular complexity index is 1010. The fourth-order valence-electron chi connectivity index (χ4n) is 3.20. The number of aromatic nitrogens is 1.